The fourth-order valence-electron chi connectivity index (χ4n) is 2.76. The maximum absolute atomic E-state index is 11.4. The molecule has 29 heavy (non-hydrogen) atoms. The molecule has 2 aromatic carbocycles. The highest BCUT2D eigenvalue weighted by molar-refractivity contribution is 7.80. The highest BCUT2D eigenvalue weighted by Gasteiger charge is 2.33. The van der Waals surface area contributed by atoms with E-state index in [4.69, 9.17) is 47.0 Å². The number of nitrogens with zero attached hydrogens (tertiary/aromatic N) is 3. The van der Waals surface area contributed by atoms with Crippen molar-refractivity contribution in [2.24, 2.45) is 0 Å². The average Bonchev–Trinajstić information content (AvgIpc) is 3.18. The van der Waals surface area contributed by atoms with Gasteiger partial charge >= 0.3 is 0 Å². The number of nitrogens with one attached hydrogen (secondary N) is 2. The zero-order valence-corrected chi connectivity index (χ0v) is 18.2. The van der Waals surface area contributed by atoms with Crippen molar-refractivity contribution in [3.05, 3.63) is 81.3 Å². The first-order valence-electron chi connectivity index (χ1n) is 8.62. The molecule has 10 heteroatoms. The first-order chi connectivity index (χ1) is 13.9. The quantitative estimate of drug-likeness (QED) is 0.456. The van der Waals surface area contributed by atoms with Crippen LogP contribution >= 0.6 is 47.0 Å². The Hall–Kier alpha value is -1.90. The van der Waals surface area contributed by atoms with Gasteiger partial charge in [-0.3, -0.25) is 0 Å². The van der Waals surface area contributed by atoms with Crippen molar-refractivity contribution in [3.63, 3.8) is 0 Å². The molecule has 1 atom stereocenters. The van der Waals surface area contributed by atoms with Gasteiger partial charge in [-0.15, -0.1) is 0 Å². The Morgan fingerprint density at radius 1 is 1.07 bits per heavy atom. The molecule has 0 spiro atoms. The van der Waals surface area contributed by atoms with E-state index in [0.717, 1.165) is 5.56 Å². The Kier molecular flexibility index (Phi) is 7.32. The van der Waals surface area contributed by atoms with Crippen molar-refractivity contribution in [1.82, 2.24) is 25.4 Å². The Bertz CT molecular complexity index is 968. The summed E-state index contributed by atoms with van der Waals surface area (Å²) in [5, 5.41) is 23.5. The highest BCUT2D eigenvalue weighted by Crippen LogP contribution is 2.31. The second kappa shape index (κ2) is 9.73. The number of aromatic nitrogens is 3. The van der Waals surface area contributed by atoms with Crippen molar-refractivity contribution in [1.29, 1.82) is 0 Å². The van der Waals surface area contributed by atoms with Crippen molar-refractivity contribution in [2.45, 2.75) is 18.7 Å². The fourth-order valence-corrected chi connectivity index (χ4v) is 3.61. The lowest BCUT2D eigenvalue weighted by molar-refractivity contribution is 0.0196. The molecule has 3 N–H and O–H groups in total. The summed E-state index contributed by atoms with van der Waals surface area (Å²) < 4.78 is 1.52. The van der Waals surface area contributed by atoms with Crippen LogP contribution in [0.3, 0.4) is 0 Å². The van der Waals surface area contributed by atoms with Gasteiger partial charge < -0.3 is 15.7 Å². The monoisotopic (exact) mass is 469 g/mol. The van der Waals surface area contributed by atoms with Crippen molar-refractivity contribution < 1.29 is 5.11 Å². The summed E-state index contributed by atoms with van der Waals surface area (Å²) in [6, 6.07) is 12.4. The van der Waals surface area contributed by atoms with Crippen LogP contribution in [0.4, 0.5) is 0 Å². The first-order valence-corrected chi connectivity index (χ1v) is 10.2. The molecular formula is C19H18Cl3N5OS. The molecule has 0 aliphatic heterocycles. The second-order valence-electron chi connectivity index (χ2n) is 6.41. The molecule has 3 aromatic rings. The standard InChI is InChI=1S/C19H18Cl3N5OS/c20-14-3-1-13(2-4-14)8-24-18(29)25-9-19(28,10-27-12-23-11-26-27)16-6-5-15(21)7-17(16)22/h1-7,11-12,28H,8-10H2,(H2,24,25,29). The summed E-state index contributed by atoms with van der Waals surface area (Å²) in [6.45, 7) is 0.744. The average molecular weight is 471 g/mol. The molecule has 0 saturated carbocycles. The maximum atomic E-state index is 11.4. The molecule has 0 fully saturated rings. The molecule has 1 unspecified atom stereocenters. The van der Waals surface area contributed by atoms with Gasteiger partial charge in [0.05, 0.1) is 13.1 Å². The highest BCUT2D eigenvalue weighted by atomic mass is 35.5. The topological polar surface area (TPSA) is 75.0 Å². The normalized spacial score (nSPS) is 13.0. The number of thiocarbonyl (C=S) groups is 1. The molecule has 1 aromatic heterocycles. The van der Waals surface area contributed by atoms with E-state index in [1.165, 1.54) is 17.3 Å². The SMILES string of the molecule is OC(CNC(=S)NCc1ccc(Cl)cc1)(Cn1cncn1)c1ccc(Cl)cc1Cl. The maximum Gasteiger partial charge on any atom is 0.166 e. The summed E-state index contributed by atoms with van der Waals surface area (Å²) in [4.78, 5) is 3.92. The van der Waals surface area contributed by atoms with Gasteiger partial charge in [0.1, 0.15) is 18.3 Å². The van der Waals surface area contributed by atoms with Crippen molar-refractivity contribution >= 4 is 52.1 Å². The Balaban J connectivity index is 1.69. The summed E-state index contributed by atoms with van der Waals surface area (Å²) >= 11 is 23.6. The van der Waals surface area contributed by atoms with E-state index >= 15 is 0 Å². The molecule has 6 nitrogen and oxygen atoms in total. The lowest BCUT2D eigenvalue weighted by Crippen LogP contribution is -2.46. The molecule has 1 heterocycles. The van der Waals surface area contributed by atoms with E-state index in [1.807, 2.05) is 24.3 Å². The predicted octanol–water partition coefficient (Wildman–Crippen LogP) is 3.79. The predicted molar refractivity (Wildman–Crippen MR) is 119 cm³/mol. The van der Waals surface area contributed by atoms with Gasteiger partial charge in [-0.25, -0.2) is 9.67 Å². The van der Waals surface area contributed by atoms with Crippen LogP contribution in [0, 0.1) is 0 Å². The van der Waals surface area contributed by atoms with Gasteiger partial charge in [-0.1, -0.05) is 53.0 Å². The van der Waals surface area contributed by atoms with Crippen LogP contribution in [0.1, 0.15) is 11.1 Å². The zero-order chi connectivity index (χ0) is 20.9. The molecule has 0 aliphatic carbocycles. The minimum atomic E-state index is -1.40. The van der Waals surface area contributed by atoms with E-state index in [9.17, 15) is 5.11 Å². The minimum absolute atomic E-state index is 0.0979. The van der Waals surface area contributed by atoms with E-state index in [2.05, 4.69) is 20.7 Å². The van der Waals surface area contributed by atoms with Crippen LogP contribution in [0.15, 0.2) is 55.1 Å². The Morgan fingerprint density at radius 2 is 1.79 bits per heavy atom. The summed E-state index contributed by atoms with van der Waals surface area (Å²) in [6.07, 6.45) is 2.92. The summed E-state index contributed by atoms with van der Waals surface area (Å²) in [7, 11) is 0. The van der Waals surface area contributed by atoms with Crippen LogP contribution in [0.2, 0.25) is 15.1 Å². The van der Waals surface area contributed by atoms with Crippen LogP contribution < -0.4 is 10.6 Å². The first kappa shape index (κ1) is 21.8. The number of benzene rings is 2. The smallest absolute Gasteiger partial charge is 0.166 e. The third kappa shape index (κ3) is 6.04. The Morgan fingerprint density at radius 3 is 2.45 bits per heavy atom. The fraction of sp³-hybridized carbons (Fsp3) is 0.211. The lowest BCUT2D eigenvalue weighted by Gasteiger charge is -2.30. The van der Waals surface area contributed by atoms with E-state index in [-0.39, 0.29) is 13.1 Å². The molecule has 0 aliphatic rings. The van der Waals surface area contributed by atoms with Gasteiger partial charge in [0.25, 0.3) is 0 Å². The Labute approximate surface area is 188 Å². The molecule has 152 valence electrons. The number of aliphatic hydroxyl groups is 1. The summed E-state index contributed by atoms with van der Waals surface area (Å²) in [5.74, 6) is 0. The van der Waals surface area contributed by atoms with E-state index in [1.54, 1.807) is 18.2 Å². The van der Waals surface area contributed by atoms with Gasteiger partial charge in [-0.05, 0) is 42.0 Å². The van der Waals surface area contributed by atoms with Crippen molar-refractivity contribution in [3.8, 4) is 0 Å². The number of halogens is 3. The summed E-state index contributed by atoms with van der Waals surface area (Å²) in [5.41, 5.74) is 0.130. The third-order valence-corrected chi connectivity index (χ3v) is 5.32. The van der Waals surface area contributed by atoms with Gasteiger partial charge in [0, 0.05) is 27.2 Å². The molecule has 3 rings (SSSR count). The second-order valence-corrected chi connectivity index (χ2v) is 8.10. The van der Waals surface area contributed by atoms with Crippen LogP contribution in [0.25, 0.3) is 0 Å². The van der Waals surface area contributed by atoms with Crippen LogP contribution in [-0.4, -0.2) is 31.5 Å². The molecule has 0 bridgehead atoms. The third-order valence-electron chi connectivity index (χ3n) is 4.23. The van der Waals surface area contributed by atoms with E-state index < -0.39 is 5.60 Å². The molecular weight excluding hydrogens is 453 g/mol. The van der Waals surface area contributed by atoms with Crippen LogP contribution in [-0.2, 0) is 18.7 Å². The lowest BCUT2D eigenvalue weighted by atomic mass is 9.93. The largest absolute Gasteiger partial charge is 0.381 e. The number of hydrogen-bond acceptors (Lipinski definition) is 4. The van der Waals surface area contributed by atoms with Gasteiger partial charge in [0.15, 0.2) is 5.11 Å². The zero-order valence-electron chi connectivity index (χ0n) is 15.1. The van der Waals surface area contributed by atoms with Crippen molar-refractivity contribution in [2.75, 3.05) is 6.54 Å². The van der Waals surface area contributed by atoms with Gasteiger partial charge in [0.2, 0.25) is 0 Å². The van der Waals surface area contributed by atoms with E-state index in [0.29, 0.717) is 32.3 Å². The number of hydrogen-bond donors (Lipinski definition) is 3. The molecule has 0 amide bonds. The molecule has 0 radical (unpaired) electrons. The molecule has 0 saturated heterocycles. The minimum Gasteiger partial charge on any atom is -0.381 e. The number of rotatable bonds is 7. The van der Waals surface area contributed by atoms with Gasteiger partial charge in [-0.2, -0.15) is 5.10 Å². The van der Waals surface area contributed by atoms with Crippen LogP contribution in [0.5, 0.6) is 0 Å².